The van der Waals surface area contributed by atoms with E-state index in [0.717, 1.165) is 16.5 Å². The van der Waals surface area contributed by atoms with E-state index in [1.165, 1.54) is 204 Å². The molecule has 0 aliphatic carbocycles. The first-order valence-electron chi connectivity index (χ1n) is 42.9. The molecule has 0 amide bonds. The molecule has 0 bridgehead atoms. The lowest BCUT2D eigenvalue weighted by Crippen LogP contribution is -2.30. The summed E-state index contributed by atoms with van der Waals surface area (Å²) in [5.74, 6) is 0. The maximum absolute atomic E-state index is 5.76. The van der Waals surface area contributed by atoms with Crippen molar-refractivity contribution in [2.24, 2.45) is 28.2 Å². The van der Waals surface area contributed by atoms with Gasteiger partial charge in [-0.15, -0.1) is 0 Å². The number of nitrogens with zero attached hydrogens (tertiary/aromatic N) is 8. The first-order valence-corrected chi connectivity index (χ1v) is 42.9. The normalized spacial score (nSPS) is 11.5. The third-order valence-corrected chi connectivity index (χ3v) is 25.4. The Kier molecular flexibility index (Phi) is 19.6. The lowest BCUT2D eigenvalue weighted by molar-refractivity contribution is -0.660. The molecule has 0 saturated carbocycles. The summed E-state index contributed by atoms with van der Waals surface area (Å²) in [6.45, 7) is 8.79. The van der Waals surface area contributed by atoms with Crippen molar-refractivity contribution in [2.75, 3.05) is 0 Å². The predicted molar refractivity (Wildman–Crippen MR) is 519 cm³/mol. The van der Waals surface area contributed by atoms with Crippen LogP contribution >= 0.6 is 0 Å². The minimum atomic E-state index is 1.12. The molecule has 24 rings (SSSR count). The minimum absolute atomic E-state index is 1.12. The van der Waals surface area contributed by atoms with Gasteiger partial charge in [0.25, 0.3) is 0 Å². The summed E-state index contributed by atoms with van der Waals surface area (Å²) in [4.78, 5) is 0. The van der Waals surface area contributed by atoms with Crippen LogP contribution in [0, 0.1) is 27.7 Å². The van der Waals surface area contributed by atoms with Crippen molar-refractivity contribution in [1.82, 2.24) is 18.3 Å². The Morgan fingerprint density at radius 3 is 0.936 bits per heavy atom. The van der Waals surface area contributed by atoms with Crippen molar-refractivity contribution in [3.8, 4) is 78.9 Å². The zero-order valence-electron chi connectivity index (χ0n) is 71.2. The van der Waals surface area contributed by atoms with E-state index in [2.05, 4.69) is 493 Å². The first-order chi connectivity index (χ1) is 61.4. The van der Waals surface area contributed by atoms with E-state index in [4.69, 9.17) is 4.42 Å². The van der Waals surface area contributed by atoms with E-state index in [0.29, 0.717) is 0 Å². The van der Waals surface area contributed by atoms with E-state index in [-0.39, 0.29) is 0 Å². The minimum Gasteiger partial charge on any atom is -0.471 e. The molecule has 0 unspecified atom stereocenters. The zero-order chi connectivity index (χ0) is 84.5. The van der Waals surface area contributed by atoms with Gasteiger partial charge in [-0.25, -0.2) is 18.3 Å². The average Bonchev–Trinajstić information content (AvgIpc) is 1.63. The van der Waals surface area contributed by atoms with Gasteiger partial charge in [0.2, 0.25) is 22.8 Å². The van der Waals surface area contributed by atoms with Crippen molar-refractivity contribution in [3.05, 3.63) is 436 Å². The predicted octanol–water partition coefficient (Wildman–Crippen LogP) is 27.1. The maximum Gasteiger partial charge on any atom is 0.213 e. The molecular formula is C116H92N8O+4. The molecule has 9 aromatic heterocycles. The van der Waals surface area contributed by atoms with Gasteiger partial charge in [0.1, 0.15) is 34.5 Å². The summed E-state index contributed by atoms with van der Waals surface area (Å²) >= 11 is 0. The second-order valence-corrected chi connectivity index (χ2v) is 32.9. The topological polar surface area (TPSA) is 48.4 Å². The summed E-state index contributed by atoms with van der Waals surface area (Å²) < 4.78 is 24.0. The standard InChI is InChI=1S/C31H25N2.2C29H23N2.C27H21N2O/c1-22-14-15-24(21-28(22)29-11-7-8-20-32(29)2)23-16-18-25(19-17-23)33-30-12-5-3-9-26(30)27-10-4-6-13-31(27)33;1-20-14-15-21-19-22(16-17-23(21)29(20)28-13-7-8-18-30(28)2)31-26-11-5-3-9-24(26)25-10-4-6-12-27(25)31;1-20-19-28(31-25-15-7-5-11-21(25)22-12-6-8-16-26(22)31)23-13-3-4-14-24(23)29(20)27-17-9-10-18-30(27)2;1-18-15-26(21-16-30-17-22(21)27(18)25-13-7-8-14-28(25)2)29-23-11-5-3-9-19(23)20-10-4-6-12-24(20)29/h3-21H,1-2H3;2*3-19H,1-2H3;3-17H,1-2H3/q4*+1. The van der Waals surface area contributed by atoms with E-state index >= 15 is 0 Å². The van der Waals surface area contributed by atoms with Crippen LogP contribution in [-0.4, -0.2) is 18.3 Å². The second kappa shape index (κ2) is 32.0. The quantitative estimate of drug-likeness (QED) is 0.133. The molecule has 0 atom stereocenters. The van der Waals surface area contributed by atoms with Gasteiger partial charge in [0.05, 0.1) is 78.5 Å². The monoisotopic (exact) mass is 1610 g/mol. The summed E-state index contributed by atoms with van der Waals surface area (Å²) in [6, 6.07) is 135. The highest BCUT2D eigenvalue weighted by molar-refractivity contribution is 6.15. The molecule has 0 aliphatic heterocycles. The van der Waals surface area contributed by atoms with E-state index in [1.54, 1.807) is 0 Å². The molecule has 9 heterocycles. The van der Waals surface area contributed by atoms with Gasteiger partial charge < -0.3 is 22.7 Å². The fourth-order valence-electron chi connectivity index (χ4n) is 19.5. The van der Waals surface area contributed by atoms with Gasteiger partial charge in [-0.2, -0.15) is 0 Å². The highest BCUT2D eigenvalue weighted by atomic mass is 16.3. The summed E-state index contributed by atoms with van der Waals surface area (Å²) in [6.07, 6.45) is 12.2. The summed E-state index contributed by atoms with van der Waals surface area (Å²) in [5.41, 5.74) is 32.1. The Morgan fingerprint density at radius 2 is 0.520 bits per heavy atom. The molecule has 0 aliphatic rings. The third-order valence-electron chi connectivity index (χ3n) is 25.4. The Bertz CT molecular complexity index is 8140. The van der Waals surface area contributed by atoms with Gasteiger partial charge in [-0.3, -0.25) is 0 Å². The molecule has 9 nitrogen and oxygen atoms in total. The van der Waals surface area contributed by atoms with E-state index in [9.17, 15) is 0 Å². The summed E-state index contributed by atoms with van der Waals surface area (Å²) in [5, 5.41) is 17.6. The van der Waals surface area contributed by atoms with Crippen molar-refractivity contribution in [3.63, 3.8) is 0 Å². The number of para-hydroxylation sites is 8. The number of benzene rings is 15. The van der Waals surface area contributed by atoms with Gasteiger partial charge in [-0.1, -0.05) is 212 Å². The highest BCUT2D eigenvalue weighted by Gasteiger charge is 2.26. The number of furan rings is 1. The number of pyridine rings is 4. The smallest absolute Gasteiger partial charge is 0.213 e. The van der Waals surface area contributed by atoms with Crippen LogP contribution in [0.4, 0.5) is 0 Å². The Labute approximate surface area is 726 Å². The van der Waals surface area contributed by atoms with Gasteiger partial charge >= 0.3 is 0 Å². The molecule has 598 valence electrons. The summed E-state index contributed by atoms with van der Waals surface area (Å²) in [7, 11) is 8.41. The van der Waals surface area contributed by atoms with Crippen molar-refractivity contribution in [2.45, 2.75) is 27.7 Å². The highest BCUT2D eigenvalue weighted by Crippen LogP contribution is 2.44. The average molecular weight is 1610 g/mol. The molecule has 9 heteroatoms. The maximum atomic E-state index is 5.76. The fraction of sp³-hybridized carbons (Fsp3) is 0.0690. The molecule has 0 radical (unpaired) electrons. The lowest BCUT2D eigenvalue weighted by Gasteiger charge is -2.16. The molecule has 0 saturated heterocycles. The molecular weight excluding hydrogens is 1520 g/mol. The van der Waals surface area contributed by atoms with Gasteiger partial charge in [0.15, 0.2) is 24.8 Å². The number of fused-ring (bicyclic) bond motifs is 15. The second-order valence-electron chi connectivity index (χ2n) is 32.9. The van der Waals surface area contributed by atoms with Crippen LogP contribution in [0.1, 0.15) is 22.3 Å². The number of hydrogen-bond donors (Lipinski definition) is 0. The Hall–Kier alpha value is -15.8. The van der Waals surface area contributed by atoms with Crippen LogP contribution in [0.2, 0.25) is 0 Å². The Balaban J connectivity index is 0.000000102. The van der Waals surface area contributed by atoms with Crippen molar-refractivity contribution in [1.29, 1.82) is 0 Å². The SMILES string of the molecule is Cc1cc(-n2c3ccccc3c3ccccc32)c2ccccc2c1-c1cccc[n+]1C.Cc1cc(-n2c3ccccc3c3ccccc32)c2cocc2c1-c1cccc[n+]1C.Cc1ccc(-c2ccc(-n3c4ccccc4c4ccccc43)cc2)cc1-c1cccc[n+]1C.Cc1ccc2cc(-n3c4ccccc4c4ccccc43)ccc2c1-c1cccc[n+]1C. The molecule has 0 fully saturated rings. The molecule has 0 N–H and O–H groups in total. The van der Waals surface area contributed by atoms with Crippen LogP contribution < -0.4 is 18.3 Å². The number of hydrogen-bond acceptors (Lipinski definition) is 1. The van der Waals surface area contributed by atoms with Crippen LogP contribution in [0.5, 0.6) is 0 Å². The zero-order valence-corrected chi connectivity index (χ0v) is 71.2. The van der Waals surface area contributed by atoms with Gasteiger partial charge in [0, 0.05) is 125 Å². The molecule has 125 heavy (non-hydrogen) atoms. The van der Waals surface area contributed by atoms with E-state index < -0.39 is 0 Å². The van der Waals surface area contributed by atoms with Gasteiger partial charge in [-0.05, 0) is 192 Å². The van der Waals surface area contributed by atoms with Crippen LogP contribution in [0.3, 0.4) is 0 Å². The number of aromatic nitrogens is 8. The van der Waals surface area contributed by atoms with Crippen LogP contribution in [0.25, 0.3) is 198 Å². The largest absolute Gasteiger partial charge is 0.471 e. The van der Waals surface area contributed by atoms with Crippen molar-refractivity contribution >= 4 is 120 Å². The first kappa shape index (κ1) is 76.5. The van der Waals surface area contributed by atoms with E-state index in [1.807, 2.05) is 12.5 Å². The fourth-order valence-corrected chi connectivity index (χ4v) is 19.5. The number of rotatable bonds is 9. The lowest BCUT2D eigenvalue weighted by atomic mass is 9.95. The Morgan fingerprint density at radius 1 is 0.208 bits per heavy atom. The molecule has 15 aromatic carbocycles. The molecule has 24 aromatic rings. The van der Waals surface area contributed by atoms with Crippen LogP contribution in [0.15, 0.2) is 418 Å². The third kappa shape index (κ3) is 13.4. The van der Waals surface area contributed by atoms with Crippen LogP contribution in [-0.2, 0) is 28.2 Å². The molecule has 0 spiro atoms. The van der Waals surface area contributed by atoms with Crippen molar-refractivity contribution < 1.29 is 22.7 Å². The number of aryl methyl sites for hydroxylation is 8.